The van der Waals surface area contributed by atoms with Crippen molar-refractivity contribution in [3.05, 3.63) is 17.1 Å². The highest BCUT2D eigenvalue weighted by Crippen LogP contribution is 2.22. The average Bonchev–Trinajstić information content (AvgIpc) is 3.52. The van der Waals surface area contributed by atoms with Crippen LogP contribution in [0.2, 0.25) is 0 Å². The zero-order valence-electron chi connectivity index (χ0n) is 26.7. The predicted molar refractivity (Wildman–Crippen MR) is 170 cm³/mol. The summed E-state index contributed by atoms with van der Waals surface area (Å²) in [6.45, 7) is 4.89. The topological polar surface area (TPSA) is 81.0 Å². The minimum Gasteiger partial charge on any atom is -0.453 e. The maximum absolute atomic E-state index is 12.6. The fourth-order valence-corrected chi connectivity index (χ4v) is 6.22. The monoisotopic (exact) mass is 610 g/mol. The molecule has 242 valence electrons. The first-order chi connectivity index (χ1) is 20.7. The molecule has 0 radical (unpaired) electrons. The van der Waals surface area contributed by atoms with Crippen LogP contribution in [-0.4, -0.2) is 56.2 Å². The van der Waals surface area contributed by atoms with Gasteiger partial charge in [0.05, 0.1) is 12.5 Å². The molecular weight excluding hydrogens is 550 g/mol. The molecule has 0 unspecified atom stereocenters. The second-order valence-electron chi connectivity index (χ2n) is 11.7. The molecule has 9 heteroatoms. The lowest BCUT2D eigenvalue weighted by molar-refractivity contribution is -0.692. The van der Waals surface area contributed by atoms with E-state index in [2.05, 4.69) is 33.9 Å². The van der Waals surface area contributed by atoms with Crippen molar-refractivity contribution in [2.24, 2.45) is 0 Å². The van der Waals surface area contributed by atoms with E-state index < -0.39 is 24.5 Å². The molecule has 2 amide bonds. The van der Waals surface area contributed by atoms with Crippen LogP contribution in [0, 0.1) is 0 Å². The summed E-state index contributed by atoms with van der Waals surface area (Å²) >= 11 is 1.68. The second kappa shape index (κ2) is 24.6. The number of thiazole rings is 1. The number of aromatic nitrogens is 1. The van der Waals surface area contributed by atoms with E-state index in [1.807, 2.05) is 0 Å². The molecule has 1 N–H and O–H groups in total. The smallest absolute Gasteiger partial charge is 0.411 e. The van der Waals surface area contributed by atoms with Crippen molar-refractivity contribution in [3.8, 4) is 0 Å². The summed E-state index contributed by atoms with van der Waals surface area (Å²) in [6, 6.07) is 0. The zero-order valence-corrected chi connectivity index (χ0v) is 27.5. The van der Waals surface area contributed by atoms with Crippen molar-refractivity contribution < 1.29 is 28.4 Å². The second-order valence-corrected chi connectivity index (χ2v) is 12.5. The Kier molecular flexibility index (Phi) is 21.2. The van der Waals surface area contributed by atoms with E-state index in [1.54, 1.807) is 16.2 Å². The minimum atomic E-state index is -0.617. The zero-order chi connectivity index (χ0) is 30.1. The first-order valence-electron chi connectivity index (χ1n) is 17.0. The van der Waals surface area contributed by atoms with Gasteiger partial charge in [0, 0.05) is 26.1 Å². The maximum Gasteiger partial charge on any atom is 0.411 e. The average molecular weight is 611 g/mol. The van der Waals surface area contributed by atoms with Crippen molar-refractivity contribution in [3.63, 3.8) is 0 Å². The van der Waals surface area contributed by atoms with Gasteiger partial charge in [0.2, 0.25) is 5.51 Å². The Hall–Kier alpha value is -1.87. The van der Waals surface area contributed by atoms with Crippen LogP contribution in [0.4, 0.5) is 9.59 Å². The summed E-state index contributed by atoms with van der Waals surface area (Å²) in [7, 11) is 1.38. The van der Waals surface area contributed by atoms with Crippen molar-refractivity contribution in [1.82, 2.24) is 10.2 Å². The molecular formula is C33H60N3O5S+. The Morgan fingerprint density at radius 3 is 2.12 bits per heavy atom. The molecule has 1 aliphatic rings. The normalized spacial score (nSPS) is 16.7. The summed E-state index contributed by atoms with van der Waals surface area (Å²) in [5, 5.41) is 4.97. The van der Waals surface area contributed by atoms with E-state index in [-0.39, 0.29) is 0 Å². The van der Waals surface area contributed by atoms with Crippen LogP contribution in [-0.2, 0) is 20.8 Å². The molecule has 0 aromatic carbocycles. The van der Waals surface area contributed by atoms with Gasteiger partial charge in [-0.2, -0.15) is 4.57 Å². The lowest BCUT2D eigenvalue weighted by Gasteiger charge is -2.38. The van der Waals surface area contributed by atoms with Crippen molar-refractivity contribution in [2.75, 3.05) is 26.8 Å². The number of hydrogen-bond acceptors (Lipinski definition) is 6. The summed E-state index contributed by atoms with van der Waals surface area (Å²) in [5.74, 6) is 0. The first kappa shape index (κ1) is 36.3. The number of amides is 2. The number of hydrogen-bond donors (Lipinski definition) is 1. The van der Waals surface area contributed by atoms with Crippen molar-refractivity contribution in [1.29, 1.82) is 0 Å². The SMILES string of the molecule is CCCCCCCCCCCCCCCCCNC(=O)O[C@@H]1CCCO[C@H]1N(CCCCC[n+]1ccsc1)C(=O)OC. The molecule has 1 aromatic rings. The number of carbonyl (C=O) groups is 2. The van der Waals surface area contributed by atoms with Crippen molar-refractivity contribution >= 4 is 23.5 Å². The largest absolute Gasteiger partial charge is 0.453 e. The molecule has 42 heavy (non-hydrogen) atoms. The Labute approximate surface area is 259 Å². The highest BCUT2D eigenvalue weighted by atomic mass is 32.1. The first-order valence-corrected chi connectivity index (χ1v) is 17.9. The third-order valence-electron chi connectivity index (χ3n) is 8.11. The van der Waals surface area contributed by atoms with E-state index in [0.29, 0.717) is 26.1 Å². The molecule has 0 bridgehead atoms. The van der Waals surface area contributed by atoms with Gasteiger partial charge in [-0.05, 0) is 32.1 Å². The van der Waals surface area contributed by atoms with Crippen LogP contribution in [0.3, 0.4) is 0 Å². The number of rotatable bonds is 24. The van der Waals surface area contributed by atoms with E-state index in [0.717, 1.165) is 45.1 Å². The highest BCUT2D eigenvalue weighted by molar-refractivity contribution is 7.07. The Morgan fingerprint density at radius 2 is 1.52 bits per heavy atom. The van der Waals surface area contributed by atoms with Gasteiger partial charge in [-0.1, -0.05) is 108 Å². The molecule has 0 saturated carbocycles. The van der Waals surface area contributed by atoms with Gasteiger partial charge in [0.25, 0.3) is 0 Å². The van der Waals surface area contributed by atoms with E-state index in [1.165, 1.54) is 90.6 Å². The summed E-state index contributed by atoms with van der Waals surface area (Å²) in [6.07, 6.45) is 24.2. The predicted octanol–water partition coefficient (Wildman–Crippen LogP) is 8.38. The fourth-order valence-electron chi connectivity index (χ4n) is 5.59. The van der Waals surface area contributed by atoms with Crippen LogP contribution in [0.5, 0.6) is 0 Å². The Bertz CT molecular complexity index is 795. The summed E-state index contributed by atoms with van der Waals surface area (Å²) in [4.78, 5) is 26.7. The minimum absolute atomic E-state index is 0.432. The number of alkyl carbamates (subject to hydrolysis) is 1. The number of unbranched alkanes of at least 4 members (excludes halogenated alkanes) is 16. The fraction of sp³-hybridized carbons (Fsp3) is 0.848. The van der Waals surface area contributed by atoms with Gasteiger partial charge in [0.15, 0.2) is 12.4 Å². The maximum atomic E-state index is 12.6. The molecule has 1 aromatic heterocycles. The van der Waals surface area contributed by atoms with Gasteiger partial charge >= 0.3 is 12.2 Å². The van der Waals surface area contributed by atoms with Gasteiger partial charge in [-0.25, -0.2) is 9.59 Å². The Morgan fingerprint density at radius 1 is 0.905 bits per heavy atom. The van der Waals surface area contributed by atoms with Crippen LogP contribution < -0.4 is 9.88 Å². The van der Waals surface area contributed by atoms with Crippen molar-refractivity contribution in [2.45, 2.75) is 154 Å². The summed E-state index contributed by atoms with van der Waals surface area (Å²) < 4.78 is 18.9. The number of ether oxygens (including phenoxy) is 3. The number of carbonyl (C=O) groups excluding carboxylic acids is 2. The lowest BCUT2D eigenvalue weighted by atomic mass is 10.0. The molecule has 0 spiro atoms. The van der Waals surface area contributed by atoms with Gasteiger partial charge in [0.1, 0.15) is 12.6 Å². The highest BCUT2D eigenvalue weighted by Gasteiger charge is 2.37. The molecule has 2 atom stereocenters. The van der Waals surface area contributed by atoms with E-state index in [4.69, 9.17) is 14.2 Å². The van der Waals surface area contributed by atoms with Gasteiger partial charge in [-0.15, -0.1) is 0 Å². The lowest BCUT2D eigenvalue weighted by Crippen LogP contribution is -2.53. The number of methoxy groups -OCH3 is 1. The number of nitrogens with zero attached hydrogens (tertiary/aromatic N) is 2. The number of aryl methyl sites for hydroxylation is 1. The summed E-state index contributed by atoms with van der Waals surface area (Å²) in [5.41, 5.74) is 2.10. The third-order valence-corrected chi connectivity index (χ3v) is 8.78. The van der Waals surface area contributed by atoms with E-state index in [9.17, 15) is 9.59 Å². The molecule has 2 rings (SSSR count). The number of nitrogens with one attached hydrogen (secondary N) is 1. The molecule has 1 saturated heterocycles. The quantitative estimate of drug-likeness (QED) is 0.0939. The molecule has 1 fully saturated rings. The van der Waals surface area contributed by atoms with Crippen LogP contribution in [0.15, 0.2) is 17.1 Å². The van der Waals surface area contributed by atoms with Crippen LogP contribution in [0.25, 0.3) is 0 Å². The molecule has 0 aliphatic carbocycles. The third kappa shape index (κ3) is 16.7. The van der Waals surface area contributed by atoms with Gasteiger partial charge < -0.3 is 19.5 Å². The molecule has 8 nitrogen and oxygen atoms in total. The molecule has 1 aliphatic heterocycles. The van der Waals surface area contributed by atoms with Crippen LogP contribution in [0.1, 0.15) is 135 Å². The van der Waals surface area contributed by atoms with Gasteiger partial charge in [-0.3, -0.25) is 4.90 Å². The van der Waals surface area contributed by atoms with E-state index >= 15 is 0 Å². The Balaban J connectivity index is 1.54. The van der Waals surface area contributed by atoms with Crippen LogP contribution >= 0.6 is 11.3 Å². The standard InChI is InChI=1S/C33H59N3O5S/c1-3-4-5-6-7-8-9-10-11-12-13-14-15-16-18-23-34-32(37)41-30-22-21-27-40-31(30)36(33(38)39-2)25-20-17-19-24-35-26-28-42-29-35/h26,28-31H,3-25,27H2,1-2H3/p+1/t30-,31-/m1/s1. The molecule has 2 heterocycles.